The van der Waals surface area contributed by atoms with E-state index in [1.165, 1.54) is 16.9 Å². The number of quaternary nitrogens is 1. The molecule has 1 unspecified atom stereocenters. The van der Waals surface area contributed by atoms with Gasteiger partial charge in [-0.05, 0) is 31.9 Å². The number of hydrogen-bond donors (Lipinski definition) is 1. The molecule has 19 heavy (non-hydrogen) atoms. The second kappa shape index (κ2) is 6.92. The SMILES string of the molecule is CCOC(=O)[C@@H]1CCCC[NH+]1Cc1ccc(Cl)cc1. The molecule has 1 heterocycles. The van der Waals surface area contributed by atoms with Gasteiger partial charge in [-0.25, -0.2) is 4.79 Å². The summed E-state index contributed by atoms with van der Waals surface area (Å²) in [5.41, 5.74) is 1.22. The van der Waals surface area contributed by atoms with Crippen LogP contribution in [0.5, 0.6) is 0 Å². The number of benzene rings is 1. The zero-order chi connectivity index (χ0) is 13.7. The van der Waals surface area contributed by atoms with Crippen molar-refractivity contribution in [1.29, 1.82) is 0 Å². The maximum atomic E-state index is 12.0. The van der Waals surface area contributed by atoms with Crippen LogP contribution in [0.15, 0.2) is 24.3 Å². The van der Waals surface area contributed by atoms with E-state index in [-0.39, 0.29) is 12.0 Å². The van der Waals surface area contributed by atoms with Gasteiger partial charge < -0.3 is 9.64 Å². The molecule has 2 atom stereocenters. The summed E-state index contributed by atoms with van der Waals surface area (Å²) >= 11 is 5.89. The molecule has 4 heteroatoms. The van der Waals surface area contributed by atoms with Gasteiger partial charge in [0, 0.05) is 17.0 Å². The third kappa shape index (κ3) is 3.95. The van der Waals surface area contributed by atoms with Crippen LogP contribution < -0.4 is 4.90 Å². The van der Waals surface area contributed by atoms with E-state index in [1.807, 2.05) is 31.2 Å². The Kier molecular flexibility index (Phi) is 5.23. The molecular formula is C15H21ClNO2+. The van der Waals surface area contributed by atoms with Crippen LogP contribution in [0.1, 0.15) is 31.7 Å². The molecule has 1 aliphatic heterocycles. The van der Waals surface area contributed by atoms with Crippen molar-refractivity contribution in [3.05, 3.63) is 34.9 Å². The Labute approximate surface area is 119 Å². The van der Waals surface area contributed by atoms with Gasteiger partial charge in [0.05, 0.1) is 13.2 Å². The fraction of sp³-hybridized carbons (Fsp3) is 0.533. The Morgan fingerprint density at radius 1 is 1.37 bits per heavy atom. The lowest BCUT2D eigenvalue weighted by atomic mass is 10.0. The van der Waals surface area contributed by atoms with Gasteiger partial charge >= 0.3 is 5.97 Å². The first-order valence-electron chi connectivity index (χ1n) is 6.96. The molecule has 1 saturated heterocycles. The Bertz CT molecular complexity index is 419. The zero-order valence-electron chi connectivity index (χ0n) is 11.3. The van der Waals surface area contributed by atoms with Crippen molar-refractivity contribution in [2.24, 2.45) is 0 Å². The number of esters is 1. The van der Waals surface area contributed by atoms with Crippen LogP contribution in [0.4, 0.5) is 0 Å². The molecule has 1 aliphatic rings. The quantitative estimate of drug-likeness (QED) is 0.855. The zero-order valence-corrected chi connectivity index (χ0v) is 12.1. The van der Waals surface area contributed by atoms with E-state index in [9.17, 15) is 4.79 Å². The summed E-state index contributed by atoms with van der Waals surface area (Å²) in [5, 5.41) is 0.749. The third-order valence-electron chi connectivity index (χ3n) is 3.65. The van der Waals surface area contributed by atoms with Crippen LogP contribution in [-0.2, 0) is 16.1 Å². The molecule has 0 amide bonds. The summed E-state index contributed by atoms with van der Waals surface area (Å²) in [6.07, 6.45) is 3.23. The van der Waals surface area contributed by atoms with E-state index in [4.69, 9.17) is 16.3 Å². The maximum absolute atomic E-state index is 12.0. The van der Waals surface area contributed by atoms with Crippen molar-refractivity contribution in [2.75, 3.05) is 13.2 Å². The Balaban J connectivity index is 2.03. The van der Waals surface area contributed by atoms with Crippen molar-refractivity contribution in [3.63, 3.8) is 0 Å². The van der Waals surface area contributed by atoms with Gasteiger partial charge in [0.15, 0.2) is 6.04 Å². The lowest BCUT2D eigenvalue weighted by Crippen LogP contribution is -3.16. The first-order valence-corrected chi connectivity index (χ1v) is 7.34. The highest BCUT2D eigenvalue weighted by atomic mass is 35.5. The lowest BCUT2D eigenvalue weighted by molar-refractivity contribution is -0.935. The summed E-state index contributed by atoms with van der Waals surface area (Å²) < 4.78 is 5.19. The van der Waals surface area contributed by atoms with Crippen LogP contribution in [0, 0.1) is 0 Å². The highest BCUT2D eigenvalue weighted by Gasteiger charge is 2.33. The minimum atomic E-state index is -0.0498. The molecule has 1 fully saturated rings. The Morgan fingerprint density at radius 3 is 2.79 bits per heavy atom. The molecule has 0 aliphatic carbocycles. The fourth-order valence-electron chi connectivity index (χ4n) is 2.68. The normalized spacial score (nSPS) is 23.1. The van der Waals surface area contributed by atoms with Crippen LogP contribution in [-0.4, -0.2) is 25.2 Å². The fourth-order valence-corrected chi connectivity index (χ4v) is 2.81. The minimum absolute atomic E-state index is 0.00984. The summed E-state index contributed by atoms with van der Waals surface area (Å²) in [7, 11) is 0. The van der Waals surface area contributed by atoms with Crippen molar-refractivity contribution >= 4 is 17.6 Å². The number of piperidine rings is 1. The summed E-state index contributed by atoms with van der Waals surface area (Å²) in [6.45, 7) is 4.22. The highest BCUT2D eigenvalue weighted by molar-refractivity contribution is 6.30. The van der Waals surface area contributed by atoms with Gasteiger partial charge in [0.1, 0.15) is 6.54 Å². The molecule has 0 spiro atoms. The molecule has 104 valence electrons. The van der Waals surface area contributed by atoms with Gasteiger partial charge in [-0.2, -0.15) is 0 Å². The molecule has 0 saturated carbocycles. The number of carbonyl (C=O) groups excluding carboxylic acids is 1. The molecular weight excluding hydrogens is 262 g/mol. The first kappa shape index (κ1) is 14.4. The van der Waals surface area contributed by atoms with Gasteiger partial charge in [0.25, 0.3) is 0 Å². The van der Waals surface area contributed by atoms with Crippen molar-refractivity contribution in [3.8, 4) is 0 Å². The lowest BCUT2D eigenvalue weighted by Gasteiger charge is -2.30. The number of halogens is 1. The van der Waals surface area contributed by atoms with E-state index in [1.54, 1.807) is 0 Å². The number of nitrogens with one attached hydrogen (secondary N) is 1. The monoisotopic (exact) mass is 282 g/mol. The van der Waals surface area contributed by atoms with Crippen LogP contribution in [0.2, 0.25) is 5.02 Å². The van der Waals surface area contributed by atoms with Gasteiger partial charge in [-0.1, -0.05) is 23.7 Å². The van der Waals surface area contributed by atoms with Crippen molar-refractivity contribution in [2.45, 2.75) is 38.8 Å². The molecule has 0 aromatic heterocycles. The summed E-state index contributed by atoms with van der Waals surface area (Å²) in [4.78, 5) is 13.3. The van der Waals surface area contributed by atoms with Gasteiger partial charge in [0.2, 0.25) is 0 Å². The topological polar surface area (TPSA) is 30.7 Å². The van der Waals surface area contributed by atoms with E-state index in [2.05, 4.69) is 0 Å². The average molecular weight is 283 g/mol. The number of ether oxygens (including phenoxy) is 1. The Morgan fingerprint density at radius 2 is 2.11 bits per heavy atom. The first-order chi connectivity index (χ1) is 9.20. The third-order valence-corrected chi connectivity index (χ3v) is 3.90. The summed E-state index contributed by atoms with van der Waals surface area (Å²) in [5.74, 6) is -0.0498. The molecule has 1 aromatic rings. The summed E-state index contributed by atoms with van der Waals surface area (Å²) in [6, 6.07) is 7.86. The number of hydrogen-bond acceptors (Lipinski definition) is 2. The van der Waals surface area contributed by atoms with Gasteiger partial charge in [-0.3, -0.25) is 0 Å². The predicted octanol–water partition coefficient (Wildman–Crippen LogP) is 1.84. The highest BCUT2D eigenvalue weighted by Crippen LogP contribution is 2.10. The predicted molar refractivity (Wildman–Crippen MR) is 75.3 cm³/mol. The molecule has 2 rings (SSSR count). The van der Waals surface area contributed by atoms with Crippen LogP contribution in [0.3, 0.4) is 0 Å². The van der Waals surface area contributed by atoms with E-state index < -0.39 is 0 Å². The molecule has 3 nitrogen and oxygen atoms in total. The molecule has 1 aromatic carbocycles. The van der Waals surface area contributed by atoms with E-state index in [0.717, 1.165) is 31.0 Å². The smallest absolute Gasteiger partial charge is 0.364 e. The maximum Gasteiger partial charge on any atom is 0.364 e. The number of rotatable bonds is 4. The number of likely N-dealkylation sites (tertiary alicyclic amines) is 1. The van der Waals surface area contributed by atoms with Crippen LogP contribution >= 0.6 is 11.6 Å². The average Bonchev–Trinajstić information content (AvgIpc) is 2.42. The van der Waals surface area contributed by atoms with Gasteiger partial charge in [-0.15, -0.1) is 0 Å². The largest absolute Gasteiger partial charge is 0.462 e. The molecule has 0 radical (unpaired) electrons. The number of carbonyl (C=O) groups is 1. The van der Waals surface area contributed by atoms with E-state index >= 15 is 0 Å². The Hall–Kier alpha value is -1.06. The minimum Gasteiger partial charge on any atom is -0.462 e. The second-order valence-corrected chi connectivity index (χ2v) is 5.45. The van der Waals surface area contributed by atoms with Crippen molar-refractivity contribution in [1.82, 2.24) is 0 Å². The standard InChI is InChI=1S/C15H20ClNO2/c1-2-19-15(18)14-5-3-4-10-17(14)11-12-6-8-13(16)9-7-12/h6-9,14H,2-5,10-11H2,1H3/p+1/t14-/m0/s1. The molecule has 0 bridgehead atoms. The molecule has 1 N–H and O–H groups in total. The van der Waals surface area contributed by atoms with Crippen molar-refractivity contribution < 1.29 is 14.4 Å². The second-order valence-electron chi connectivity index (χ2n) is 5.01. The van der Waals surface area contributed by atoms with E-state index in [0.29, 0.717) is 6.61 Å². The van der Waals surface area contributed by atoms with Crippen LogP contribution in [0.25, 0.3) is 0 Å².